The molecular weight excluding hydrogens is 260 g/mol. The van der Waals surface area contributed by atoms with E-state index in [1.165, 1.54) is 16.7 Å². The molecule has 1 aromatic carbocycles. The minimum absolute atomic E-state index is 0.389. The highest BCUT2D eigenvalue weighted by atomic mass is 16.4. The molecule has 0 saturated heterocycles. The molecule has 21 heavy (non-hydrogen) atoms. The van der Waals surface area contributed by atoms with Crippen LogP contribution in [0.3, 0.4) is 0 Å². The van der Waals surface area contributed by atoms with Crippen LogP contribution in [0, 0.1) is 12.8 Å². The van der Waals surface area contributed by atoms with E-state index in [9.17, 15) is 0 Å². The second kappa shape index (κ2) is 5.76. The summed E-state index contributed by atoms with van der Waals surface area (Å²) in [7, 11) is 4.05. The predicted octanol–water partition coefficient (Wildman–Crippen LogP) is 4.24. The quantitative estimate of drug-likeness (QED) is 0.512. The third-order valence-electron chi connectivity index (χ3n) is 4.40. The molecule has 0 heterocycles. The summed E-state index contributed by atoms with van der Waals surface area (Å²) in [6, 6.07) is 4.28. The lowest BCUT2D eigenvalue weighted by atomic mass is 9.88. The number of hydrogen-bond donors (Lipinski definition) is 1. The molecule has 112 valence electrons. The van der Waals surface area contributed by atoms with Crippen molar-refractivity contribution in [2.45, 2.75) is 27.7 Å². The number of nitrogens with zero attached hydrogens (tertiary/aromatic N) is 2. The minimum atomic E-state index is 0.389. The molecule has 1 aliphatic carbocycles. The van der Waals surface area contributed by atoms with E-state index in [1.54, 1.807) is 6.21 Å². The van der Waals surface area contributed by atoms with Gasteiger partial charge < -0.3 is 10.1 Å². The van der Waals surface area contributed by atoms with Gasteiger partial charge in [0, 0.05) is 31.3 Å². The van der Waals surface area contributed by atoms with Crippen LogP contribution in [0.1, 0.15) is 37.5 Å². The van der Waals surface area contributed by atoms with Gasteiger partial charge in [0.15, 0.2) is 0 Å². The normalized spacial score (nSPS) is 18.6. The number of allylic oxidation sites excluding steroid dienone is 4. The van der Waals surface area contributed by atoms with Crippen LogP contribution in [0.25, 0.3) is 5.57 Å². The van der Waals surface area contributed by atoms with Crippen molar-refractivity contribution in [3.05, 3.63) is 46.0 Å². The van der Waals surface area contributed by atoms with Gasteiger partial charge in [-0.05, 0) is 49.1 Å². The van der Waals surface area contributed by atoms with Gasteiger partial charge in [-0.3, -0.25) is 0 Å². The topological polar surface area (TPSA) is 35.8 Å². The third-order valence-corrected chi connectivity index (χ3v) is 4.40. The van der Waals surface area contributed by atoms with Gasteiger partial charge in [0.2, 0.25) is 0 Å². The van der Waals surface area contributed by atoms with Crippen LogP contribution in [0.4, 0.5) is 5.69 Å². The smallest absolute Gasteiger partial charge is 0.0743 e. The second-order valence-corrected chi connectivity index (χ2v) is 5.99. The van der Waals surface area contributed by atoms with Crippen molar-refractivity contribution < 1.29 is 5.21 Å². The Hall–Kier alpha value is -2.03. The second-order valence-electron chi connectivity index (χ2n) is 5.99. The fourth-order valence-corrected chi connectivity index (χ4v) is 3.25. The monoisotopic (exact) mass is 284 g/mol. The molecule has 3 heteroatoms. The molecule has 1 aromatic rings. The molecule has 0 radical (unpaired) electrons. The molecule has 0 bridgehead atoms. The lowest BCUT2D eigenvalue weighted by Gasteiger charge is -2.21. The van der Waals surface area contributed by atoms with Crippen LogP contribution in [-0.4, -0.2) is 25.5 Å². The Kier molecular flexibility index (Phi) is 4.21. The predicted molar refractivity (Wildman–Crippen MR) is 90.4 cm³/mol. The van der Waals surface area contributed by atoms with E-state index in [4.69, 9.17) is 5.21 Å². The Bertz CT molecular complexity index is 651. The summed E-state index contributed by atoms with van der Waals surface area (Å²) in [6.07, 6.45) is 3.85. The zero-order valence-corrected chi connectivity index (χ0v) is 13.7. The molecule has 0 spiro atoms. The number of anilines is 1. The van der Waals surface area contributed by atoms with Gasteiger partial charge >= 0.3 is 0 Å². The van der Waals surface area contributed by atoms with Gasteiger partial charge in [-0.2, -0.15) is 0 Å². The Balaban J connectivity index is 2.69. The zero-order chi connectivity index (χ0) is 15.7. The molecule has 1 aliphatic rings. The fourth-order valence-electron chi connectivity index (χ4n) is 3.25. The van der Waals surface area contributed by atoms with Crippen molar-refractivity contribution in [2.75, 3.05) is 19.0 Å². The average Bonchev–Trinajstić information content (AvgIpc) is 2.66. The molecule has 0 aromatic heterocycles. The number of rotatable bonds is 3. The van der Waals surface area contributed by atoms with Gasteiger partial charge in [-0.15, -0.1) is 0 Å². The SMILES string of the molecule is CC1=CC(C)C(c2ccc(N(C)C)c(C)c2/C=N/O)=C1C. The van der Waals surface area contributed by atoms with E-state index >= 15 is 0 Å². The Morgan fingerprint density at radius 2 is 1.86 bits per heavy atom. The number of benzene rings is 1. The first kappa shape index (κ1) is 15.4. The van der Waals surface area contributed by atoms with Crippen LogP contribution >= 0.6 is 0 Å². The van der Waals surface area contributed by atoms with Crippen molar-refractivity contribution in [3.8, 4) is 0 Å². The first-order valence-corrected chi connectivity index (χ1v) is 7.26. The van der Waals surface area contributed by atoms with Gasteiger partial charge in [-0.1, -0.05) is 29.8 Å². The van der Waals surface area contributed by atoms with Crippen LogP contribution in [0.5, 0.6) is 0 Å². The Morgan fingerprint density at radius 1 is 1.19 bits per heavy atom. The maximum absolute atomic E-state index is 9.05. The molecular formula is C18H24N2O. The van der Waals surface area contributed by atoms with Gasteiger partial charge in [-0.25, -0.2) is 0 Å². The van der Waals surface area contributed by atoms with E-state index < -0.39 is 0 Å². The molecule has 1 N–H and O–H groups in total. The number of oxime groups is 1. The van der Waals surface area contributed by atoms with E-state index in [2.05, 4.69) is 56.0 Å². The first-order valence-electron chi connectivity index (χ1n) is 7.26. The van der Waals surface area contributed by atoms with E-state index in [-0.39, 0.29) is 0 Å². The first-order chi connectivity index (χ1) is 9.88. The largest absolute Gasteiger partial charge is 0.411 e. The zero-order valence-electron chi connectivity index (χ0n) is 13.7. The van der Waals surface area contributed by atoms with E-state index in [0.29, 0.717) is 5.92 Å². The van der Waals surface area contributed by atoms with Crippen LogP contribution in [0.15, 0.2) is 34.5 Å². The maximum Gasteiger partial charge on any atom is 0.0743 e. The summed E-state index contributed by atoms with van der Waals surface area (Å²) in [5.74, 6) is 0.389. The maximum atomic E-state index is 9.05. The van der Waals surface area contributed by atoms with E-state index in [1.807, 2.05) is 14.1 Å². The summed E-state index contributed by atoms with van der Waals surface area (Å²) in [5.41, 5.74) is 8.42. The minimum Gasteiger partial charge on any atom is -0.411 e. The van der Waals surface area contributed by atoms with Crippen molar-refractivity contribution in [3.63, 3.8) is 0 Å². The van der Waals surface area contributed by atoms with Crippen molar-refractivity contribution >= 4 is 17.5 Å². The van der Waals surface area contributed by atoms with Crippen molar-refractivity contribution in [1.29, 1.82) is 0 Å². The molecule has 0 fully saturated rings. The standard InChI is InChI=1S/C18H24N2O/c1-11-9-12(2)18(13(11)3)15-7-8-17(20(5)6)14(4)16(15)10-19-21/h7-10,12,21H,1-6H3/b19-10+. The molecule has 2 rings (SSSR count). The van der Waals surface area contributed by atoms with Gasteiger partial charge in [0.25, 0.3) is 0 Å². The lowest BCUT2D eigenvalue weighted by Crippen LogP contribution is -2.12. The average molecular weight is 284 g/mol. The summed E-state index contributed by atoms with van der Waals surface area (Å²) < 4.78 is 0. The van der Waals surface area contributed by atoms with Crippen LogP contribution in [0.2, 0.25) is 0 Å². The van der Waals surface area contributed by atoms with Gasteiger partial charge in [0.1, 0.15) is 0 Å². The van der Waals surface area contributed by atoms with Crippen molar-refractivity contribution in [2.24, 2.45) is 11.1 Å². The summed E-state index contributed by atoms with van der Waals surface area (Å²) in [5, 5.41) is 12.3. The number of hydrogen-bond acceptors (Lipinski definition) is 3. The van der Waals surface area contributed by atoms with Crippen LogP contribution < -0.4 is 4.90 Å². The van der Waals surface area contributed by atoms with Crippen molar-refractivity contribution in [1.82, 2.24) is 0 Å². The third kappa shape index (κ3) is 2.60. The molecule has 3 nitrogen and oxygen atoms in total. The highest BCUT2D eigenvalue weighted by Gasteiger charge is 2.23. The molecule has 0 saturated carbocycles. The summed E-state index contributed by atoms with van der Waals surface area (Å²) >= 11 is 0. The van der Waals surface area contributed by atoms with E-state index in [0.717, 1.165) is 22.4 Å². The molecule has 1 atom stereocenters. The molecule has 0 amide bonds. The Morgan fingerprint density at radius 3 is 2.33 bits per heavy atom. The fraction of sp³-hybridized carbons (Fsp3) is 0.389. The van der Waals surface area contributed by atoms with Gasteiger partial charge in [0.05, 0.1) is 6.21 Å². The highest BCUT2D eigenvalue weighted by Crippen LogP contribution is 2.40. The summed E-state index contributed by atoms with van der Waals surface area (Å²) in [6.45, 7) is 8.61. The van der Waals surface area contributed by atoms with Crippen LogP contribution in [-0.2, 0) is 0 Å². The highest BCUT2D eigenvalue weighted by molar-refractivity contribution is 5.94. The molecule has 0 aliphatic heterocycles. The Labute approximate surface area is 127 Å². The lowest BCUT2D eigenvalue weighted by molar-refractivity contribution is 0.322. The summed E-state index contributed by atoms with van der Waals surface area (Å²) in [4.78, 5) is 2.08. The molecule has 1 unspecified atom stereocenters.